The number of benzene rings is 2. The van der Waals surface area contributed by atoms with Crippen LogP contribution in [0.4, 0.5) is 10.8 Å². The van der Waals surface area contributed by atoms with Crippen molar-refractivity contribution in [3.63, 3.8) is 0 Å². The third-order valence-corrected chi connectivity index (χ3v) is 5.96. The van der Waals surface area contributed by atoms with Crippen LogP contribution in [0.1, 0.15) is 0 Å². The van der Waals surface area contributed by atoms with Gasteiger partial charge in [0.1, 0.15) is 0 Å². The lowest BCUT2D eigenvalue weighted by atomic mass is 10.2. The molecule has 0 spiro atoms. The summed E-state index contributed by atoms with van der Waals surface area (Å²) < 4.78 is 28.1. The summed E-state index contributed by atoms with van der Waals surface area (Å²) in [7, 11) is -3.96. The Morgan fingerprint density at radius 1 is 1.16 bits per heavy atom. The van der Waals surface area contributed by atoms with Crippen LogP contribution >= 0.6 is 27.3 Å². The Morgan fingerprint density at radius 2 is 1.88 bits per heavy atom. The summed E-state index contributed by atoms with van der Waals surface area (Å²) in [5.74, 6) is 0. The Labute approximate surface area is 155 Å². The number of non-ortho nitro benzene ring substituents is 1. The summed E-state index contributed by atoms with van der Waals surface area (Å²) in [6.45, 7) is 0. The van der Waals surface area contributed by atoms with Gasteiger partial charge < -0.3 is 0 Å². The second-order valence-electron chi connectivity index (χ2n) is 4.90. The highest BCUT2D eigenvalue weighted by molar-refractivity contribution is 9.10. The predicted octanol–water partition coefficient (Wildman–Crippen LogP) is 4.28. The number of sulfonamides is 1. The molecule has 1 aromatic heterocycles. The van der Waals surface area contributed by atoms with Crippen LogP contribution < -0.4 is 4.72 Å². The van der Waals surface area contributed by atoms with Crippen LogP contribution in [0.3, 0.4) is 0 Å². The van der Waals surface area contributed by atoms with Gasteiger partial charge in [0.2, 0.25) is 0 Å². The molecule has 0 amide bonds. The van der Waals surface area contributed by atoms with Crippen molar-refractivity contribution < 1.29 is 13.3 Å². The van der Waals surface area contributed by atoms with Gasteiger partial charge in [-0.1, -0.05) is 34.1 Å². The van der Waals surface area contributed by atoms with Crippen molar-refractivity contribution in [1.29, 1.82) is 0 Å². The van der Waals surface area contributed by atoms with Gasteiger partial charge in [0.15, 0.2) is 5.13 Å². The maximum absolute atomic E-state index is 12.4. The van der Waals surface area contributed by atoms with E-state index in [2.05, 4.69) is 25.6 Å². The quantitative estimate of drug-likeness (QED) is 0.471. The first-order valence-electron chi connectivity index (χ1n) is 6.84. The fraction of sp³-hybridized carbons (Fsp3) is 0. The number of thiazole rings is 1. The van der Waals surface area contributed by atoms with E-state index >= 15 is 0 Å². The normalized spacial score (nSPS) is 11.2. The lowest BCUT2D eigenvalue weighted by Gasteiger charge is -2.04. The highest BCUT2D eigenvalue weighted by atomic mass is 79.9. The molecular weight excluding hydrogens is 430 g/mol. The van der Waals surface area contributed by atoms with Gasteiger partial charge in [-0.15, -0.1) is 11.3 Å². The Kier molecular flexibility index (Phi) is 4.84. The molecule has 0 aliphatic rings. The second kappa shape index (κ2) is 6.90. The van der Waals surface area contributed by atoms with Crippen molar-refractivity contribution >= 4 is 48.1 Å². The Hall–Kier alpha value is -2.30. The van der Waals surface area contributed by atoms with E-state index < -0.39 is 14.9 Å². The van der Waals surface area contributed by atoms with Gasteiger partial charge in [-0.3, -0.25) is 14.8 Å². The minimum absolute atomic E-state index is 0.185. The zero-order valence-corrected chi connectivity index (χ0v) is 15.6. The molecule has 10 heteroatoms. The number of anilines is 1. The van der Waals surface area contributed by atoms with Gasteiger partial charge in [-0.05, 0) is 18.2 Å². The SMILES string of the molecule is O=[N+]([O-])c1cccc(S(=O)(=O)Nc2nc(-c3ccc(Br)cc3)cs2)c1. The summed E-state index contributed by atoms with van der Waals surface area (Å²) in [4.78, 5) is 14.2. The topological polar surface area (TPSA) is 102 Å². The molecule has 0 bridgehead atoms. The van der Waals surface area contributed by atoms with E-state index in [1.807, 2.05) is 24.3 Å². The molecule has 3 aromatic rings. The van der Waals surface area contributed by atoms with Crippen LogP contribution in [-0.4, -0.2) is 18.3 Å². The van der Waals surface area contributed by atoms with Crippen molar-refractivity contribution in [2.24, 2.45) is 0 Å². The van der Waals surface area contributed by atoms with Gasteiger partial charge >= 0.3 is 0 Å². The summed E-state index contributed by atoms with van der Waals surface area (Å²) in [5.41, 5.74) is 1.19. The molecule has 128 valence electrons. The fourth-order valence-corrected chi connectivity index (χ4v) is 4.29. The summed E-state index contributed by atoms with van der Waals surface area (Å²) >= 11 is 4.48. The average Bonchev–Trinajstić information content (AvgIpc) is 3.03. The number of aromatic nitrogens is 1. The van der Waals surface area contributed by atoms with Crippen molar-refractivity contribution in [1.82, 2.24) is 4.98 Å². The molecule has 0 atom stereocenters. The van der Waals surface area contributed by atoms with Crippen molar-refractivity contribution in [3.8, 4) is 11.3 Å². The van der Waals surface area contributed by atoms with Gasteiger partial charge in [0.25, 0.3) is 15.7 Å². The van der Waals surface area contributed by atoms with Gasteiger partial charge in [0, 0.05) is 27.5 Å². The van der Waals surface area contributed by atoms with Crippen molar-refractivity contribution in [2.45, 2.75) is 4.90 Å². The van der Waals surface area contributed by atoms with Crippen LogP contribution in [0, 0.1) is 10.1 Å². The number of rotatable bonds is 5. The number of hydrogen-bond donors (Lipinski definition) is 1. The van der Waals surface area contributed by atoms with E-state index in [1.165, 1.54) is 18.2 Å². The summed E-state index contributed by atoms with van der Waals surface area (Å²) in [5, 5.41) is 12.7. The highest BCUT2D eigenvalue weighted by Gasteiger charge is 2.19. The highest BCUT2D eigenvalue weighted by Crippen LogP contribution is 2.28. The van der Waals surface area contributed by atoms with Gasteiger partial charge in [-0.25, -0.2) is 13.4 Å². The zero-order valence-electron chi connectivity index (χ0n) is 12.4. The average molecular weight is 440 g/mol. The maximum atomic E-state index is 12.4. The van der Waals surface area contributed by atoms with Gasteiger partial charge in [-0.2, -0.15) is 0 Å². The number of nitrogens with zero attached hydrogens (tertiary/aromatic N) is 2. The third kappa shape index (κ3) is 4.03. The molecule has 3 rings (SSSR count). The molecule has 2 aromatic carbocycles. The second-order valence-corrected chi connectivity index (χ2v) is 8.36. The van der Waals surface area contributed by atoms with Crippen LogP contribution in [-0.2, 0) is 10.0 Å². The molecule has 0 saturated carbocycles. The van der Waals surface area contributed by atoms with Gasteiger partial charge in [0.05, 0.1) is 15.5 Å². The minimum atomic E-state index is -3.96. The molecule has 0 saturated heterocycles. The third-order valence-electron chi connectivity index (χ3n) is 3.20. The number of halogens is 1. The van der Waals surface area contributed by atoms with Crippen LogP contribution in [0.15, 0.2) is 63.3 Å². The Morgan fingerprint density at radius 3 is 2.56 bits per heavy atom. The van der Waals surface area contributed by atoms with Crippen molar-refractivity contribution in [2.75, 3.05) is 4.72 Å². The number of nitro groups is 1. The van der Waals surface area contributed by atoms with Crippen LogP contribution in [0.25, 0.3) is 11.3 Å². The molecule has 0 radical (unpaired) electrons. The van der Waals surface area contributed by atoms with Crippen molar-refractivity contribution in [3.05, 3.63) is 68.5 Å². The summed E-state index contributed by atoms with van der Waals surface area (Å²) in [6, 6.07) is 12.3. The lowest BCUT2D eigenvalue weighted by Crippen LogP contribution is -2.13. The first kappa shape index (κ1) is 17.5. The molecule has 0 aliphatic heterocycles. The first-order valence-corrected chi connectivity index (χ1v) is 9.99. The molecule has 0 unspecified atom stereocenters. The standard InChI is InChI=1S/C15H10BrN3O4S2/c16-11-6-4-10(5-7-11)14-9-24-15(17-14)18-25(22,23)13-3-1-2-12(8-13)19(20)21/h1-9H,(H,17,18). The minimum Gasteiger partial charge on any atom is -0.258 e. The smallest absolute Gasteiger partial charge is 0.258 e. The van der Waals surface area contributed by atoms with E-state index in [1.54, 1.807) is 5.38 Å². The van der Waals surface area contributed by atoms with E-state index in [0.29, 0.717) is 5.69 Å². The first-order chi connectivity index (χ1) is 11.8. The molecule has 7 nitrogen and oxygen atoms in total. The molecule has 1 heterocycles. The molecule has 0 fully saturated rings. The van der Waals surface area contributed by atoms with E-state index in [4.69, 9.17) is 0 Å². The molecule has 25 heavy (non-hydrogen) atoms. The summed E-state index contributed by atoms with van der Waals surface area (Å²) in [6.07, 6.45) is 0. The van der Waals surface area contributed by atoms with Crippen LogP contribution in [0.2, 0.25) is 0 Å². The lowest BCUT2D eigenvalue weighted by molar-refractivity contribution is -0.385. The fourth-order valence-electron chi connectivity index (χ4n) is 2.01. The zero-order chi connectivity index (χ0) is 18.0. The predicted molar refractivity (Wildman–Crippen MR) is 99.2 cm³/mol. The monoisotopic (exact) mass is 439 g/mol. The number of nitrogens with one attached hydrogen (secondary N) is 1. The maximum Gasteiger partial charge on any atom is 0.270 e. The number of nitro benzene ring substituents is 1. The van der Waals surface area contributed by atoms with E-state index in [-0.39, 0.29) is 15.7 Å². The van der Waals surface area contributed by atoms with E-state index in [9.17, 15) is 18.5 Å². The van der Waals surface area contributed by atoms with E-state index in [0.717, 1.165) is 27.4 Å². The Bertz CT molecular complexity index is 1030. The molecular formula is C15H10BrN3O4S2. The molecule has 1 N–H and O–H groups in total. The molecule has 0 aliphatic carbocycles. The number of hydrogen-bond acceptors (Lipinski definition) is 6. The largest absolute Gasteiger partial charge is 0.270 e. The Balaban J connectivity index is 1.85. The van der Waals surface area contributed by atoms with Crippen LogP contribution in [0.5, 0.6) is 0 Å².